The molecule has 0 heterocycles. The second-order valence-corrected chi connectivity index (χ2v) is 6.93. The summed E-state index contributed by atoms with van der Waals surface area (Å²) >= 11 is 0. The Kier molecular flexibility index (Phi) is 7.53. The van der Waals surface area contributed by atoms with Gasteiger partial charge in [-0.25, -0.2) is 0 Å². The van der Waals surface area contributed by atoms with Crippen molar-refractivity contribution in [2.45, 2.75) is 12.3 Å². The summed E-state index contributed by atoms with van der Waals surface area (Å²) in [5.41, 5.74) is 1.84. The average molecular weight is 434 g/mol. The highest BCUT2D eigenvalue weighted by atomic mass is 16.6. The van der Waals surface area contributed by atoms with Crippen LogP contribution in [0, 0.1) is 10.1 Å². The molecule has 8 heteroatoms. The molecule has 32 heavy (non-hydrogen) atoms. The predicted molar refractivity (Wildman–Crippen MR) is 119 cm³/mol. The van der Waals surface area contributed by atoms with Gasteiger partial charge in [-0.15, -0.1) is 0 Å². The molecule has 0 radical (unpaired) electrons. The zero-order chi connectivity index (χ0) is 22.9. The largest absolute Gasteiger partial charge is 0.495 e. The first kappa shape index (κ1) is 22.5. The Bertz CT molecular complexity index is 1050. The van der Waals surface area contributed by atoms with E-state index in [0.717, 1.165) is 11.1 Å². The molecule has 3 rings (SSSR count). The molecule has 8 nitrogen and oxygen atoms in total. The van der Waals surface area contributed by atoms with Gasteiger partial charge in [0.15, 0.2) is 6.61 Å². The molecule has 0 atom stereocenters. The van der Waals surface area contributed by atoms with E-state index in [1.165, 1.54) is 25.3 Å². The van der Waals surface area contributed by atoms with Crippen LogP contribution in [-0.2, 0) is 14.3 Å². The molecule has 3 aromatic carbocycles. The predicted octanol–water partition coefficient (Wildman–Crippen LogP) is 4.31. The summed E-state index contributed by atoms with van der Waals surface area (Å²) in [6.45, 7) is -0.527. The van der Waals surface area contributed by atoms with Crippen LogP contribution in [0.5, 0.6) is 5.75 Å². The summed E-state index contributed by atoms with van der Waals surface area (Å²) in [7, 11) is 1.38. The Morgan fingerprint density at radius 3 is 2.09 bits per heavy atom. The van der Waals surface area contributed by atoms with Crippen LogP contribution in [0.2, 0.25) is 0 Å². The number of hydrogen-bond acceptors (Lipinski definition) is 6. The number of amides is 1. The number of nitro groups is 1. The standard InChI is InChI=1S/C24H22N2O6/c1-31-22-13-12-19(26(29)30)14-21(22)25-23(27)16-32-24(28)15-20(17-8-4-2-5-9-17)18-10-6-3-7-11-18/h2-14,20H,15-16H2,1H3,(H,25,27). The summed E-state index contributed by atoms with van der Waals surface area (Å²) in [6.07, 6.45) is 0.0570. The van der Waals surface area contributed by atoms with E-state index < -0.39 is 23.4 Å². The van der Waals surface area contributed by atoms with E-state index in [-0.39, 0.29) is 29.5 Å². The molecule has 0 spiro atoms. The Labute approximate surface area is 184 Å². The smallest absolute Gasteiger partial charge is 0.307 e. The fourth-order valence-electron chi connectivity index (χ4n) is 3.26. The molecule has 0 aliphatic carbocycles. The van der Waals surface area contributed by atoms with Gasteiger partial charge in [0.2, 0.25) is 0 Å². The number of methoxy groups -OCH3 is 1. The van der Waals surface area contributed by atoms with E-state index in [1.807, 2.05) is 60.7 Å². The molecule has 1 N–H and O–H groups in total. The number of non-ortho nitro benzene ring substituents is 1. The second kappa shape index (κ2) is 10.7. The molecule has 0 unspecified atom stereocenters. The van der Waals surface area contributed by atoms with Crippen molar-refractivity contribution >= 4 is 23.3 Å². The quantitative estimate of drug-likeness (QED) is 0.305. The molecule has 0 fully saturated rings. The minimum Gasteiger partial charge on any atom is -0.495 e. The van der Waals surface area contributed by atoms with Crippen molar-refractivity contribution in [3.8, 4) is 5.75 Å². The molecule has 164 valence electrons. The fraction of sp³-hybridized carbons (Fsp3) is 0.167. The van der Waals surface area contributed by atoms with E-state index >= 15 is 0 Å². The first-order valence-corrected chi connectivity index (χ1v) is 9.85. The van der Waals surface area contributed by atoms with Crippen LogP contribution in [0.15, 0.2) is 78.9 Å². The van der Waals surface area contributed by atoms with Gasteiger partial charge >= 0.3 is 5.97 Å². The van der Waals surface area contributed by atoms with Gasteiger partial charge < -0.3 is 14.8 Å². The number of benzene rings is 3. The van der Waals surface area contributed by atoms with E-state index in [4.69, 9.17) is 9.47 Å². The topological polar surface area (TPSA) is 108 Å². The summed E-state index contributed by atoms with van der Waals surface area (Å²) in [4.78, 5) is 35.2. The lowest BCUT2D eigenvalue weighted by atomic mass is 9.89. The summed E-state index contributed by atoms with van der Waals surface area (Å²) in [6, 6.07) is 23.0. The first-order chi connectivity index (χ1) is 15.5. The van der Waals surface area contributed by atoms with Crippen LogP contribution in [-0.4, -0.2) is 30.5 Å². The van der Waals surface area contributed by atoms with Gasteiger partial charge in [-0.05, 0) is 17.2 Å². The van der Waals surface area contributed by atoms with Gasteiger partial charge in [0, 0.05) is 18.1 Å². The van der Waals surface area contributed by atoms with Gasteiger partial charge in [0.1, 0.15) is 5.75 Å². The van der Waals surface area contributed by atoms with Gasteiger partial charge in [-0.1, -0.05) is 60.7 Å². The Hall–Kier alpha value is -4.20. The number of carbonyl (C=O) groups excluding carboxylic acids is 2. The maximum absolute atomic E-state index is 12.5. The third-order valence-electron chi connectivity index (χ3n) is 4.81. The summed E-state index contributed by atoms with van der Waals surface area (Å²) in [5.74, 6) is -1.13. The zero-order valence-corrected chi connectivity index (χ0v) is 17.4. The second-order valence-electron chi connectivity index (χ2n) is 6.93. The number of anilines is 1. The van der Waals surface area contributed by atoms with Crippen LogP contribution in [0.25, 0.3) is 0 Å². The summed E-state index contributed by atoms with van der Waals surface area (Å²) < 4.78 is 10.3. The van der Waals surface area contributed by atoms with Crippen LogP contribution < -0.4 is 10.1 Å². The van der Waals surface area contributed by atoms with E-state index in [2.05, 4.69) is 5.32 Å². The summed E-state index contributed by atoms with van der Waals surface area (Å²) in [5, 5.41) is 13.5. The number of nitrogens with one attached hydrogen (secondary N) is 1. The minimum absolute atomic E-state index is 0.0570. The Morgan fingerprint density at radius 1 is 0.969 bits per heavy atom. The van der Waals surface area contributed by atoms with Crippen molar-refractivity contribution < 1.29 is 24.0 Å². The van der Waals surface area contributed by atoms with E-state index in [1.54, 1.807) is 0 Å². The maximum atomic E-state index is 12.5. The number of esters is 1. The monoisotopic (exact) mass is 434 g/mol. The molecule has 0 aromatic heterocycles. The van der Waals surface area contributed by atoms with Gasteiger partial charge in [0.05, 0.1) is 24.1 Å². The lowest BCUT2D eigenvalue weighted by molar-refractivity contribution is -0.384. The van der Waals surface area contributed by atoms with Crippen LogP contribution >= 0.6 is 0 Å². The van der Waals surface area contributed by atoms with Gasteiger partial charge in [-0.2, -0.15) is 0 Å². The zero-order valence-electron chi connectivity index (χ0n) is 17.4. The van der Waals surface area contributed by atoms with Crippen LogP contribution in [0.4, 0.5) is 11.4 Å². The molecule has 3 aromatic rings. The number of ether oxygens (including phenoxy) is 2. The molecule has 0 bridgehead atoms. The normalized spacial score (nSPS) is 10.4. The number of nitro benzene ring substituents is 1. The lowest BCUT2D eigenvalue weighted by Gasteiger charge is -2.17. The average Bonchev–Trinajstić information content (AvgIpc) is 2.82. The third-order valence-corrected chi connectivity index (χ3v) is 4.81. The molecule has 0 saturated carbocycles. The van der Waals surface area contributed by atoms with Crippen molar-refractivity contribution in [2.75, 3.05) is 19.0 Å². The number of nitrogens with zero attached hydrogens (tertiary/aromatic N) is 1. The lowest BCUT2D eigenvalue weighted by Crippen LogP contribution is -2.22. The number of hydrogen-bond donors (Lipinski definition) is 1. The number of carbonyl (C=O) groups is 2. The fourth-order valence-corrected chi connectivity index (χ4v) is 3.26. The molecule has 0 aliphatic rings. The van der Waals surface area contributed by atoms with E-state index in [0.29, 0.717) is 0 Å². The Morgan fingerprint density at radius 2 is 1.56 bits per heavy atom. The highest BCUT2D eigenvalue weighted by molar-refractivity contribution is 5.94. The SMILES string of the molecule is COc1ccc([N+](=O)[O-])cc1NC(=O)COC(=O)CC(c1ccccc1)c1ccccc1. The van der Waals surface area contributed by atoms with Gasteiger partial charge in [-0.3, -0.25) is 19.7 Å². The van der Waals surface area contributed by atoms with Crippen molar-refractivity contribution in [3.63, 3.8) is 0 Å². The number of rotatable bonds is 9. The van der Waals surface area contributed by atoms with Crippen LogP contribution in [0.1, 0.15) is 23.5 Å². The molecule has 0 aliphatic heterocycles. The van der Waals surface area contributed by atoms with Crippen molar-refractivity contribution in [2.24, 2.45) is 0 Å². The van der Waals surface area contributed by atoms with Crippen molar-refractivity contribution in [1.82, 2.24) is 0 Å². The highest BCUT2D eigenvalue weighted by Crippen LogP contribution is 2.29. The van der Waals surface area contributed by atoms with Crippen LogP contribution in [0.3, 0.4) is 0 Å². The first-order valence-electron chi connectivity index (χ1n) is 9.85. The third kappa shape index (κ3) is 5.91. The molecule has 1 amide bonds. The molecule has 0 saturated heterocycles. The highest BCUT2D eigenvalue weighted by Gasteiger charge is 2.20. The minimum atomic E-state index is -0.631. The van der Waals surface area contributed by atoms with Gasteiger partial charge in [0.25, 0.3) is 11.6 Å². The molecular weight excluding hydrogens is 412 g/mol. The Balaban J connectivity index is 1.64. The van der Waals surface area contributed by atoms with Crippen molar-refractivity contribution in [3.05, 3.63) is 100 Å². The molecular formula is C24H22N2O6. The van der Waals surface area contributed by atoms with E-state index in [9.17, 15) is 19.7 Å². The van der Waals surface area contributed by atoms with Crippen molar-refractivity contribution in [1.29, 1.82) is 0 Å². The maximum Gasteiger partial charge on any atom is 0.307 e.